The molecule has 1 N–H and O–H groups in total. The molecule has 6 heteroatoms. The predicted octanol–water partition coefficient (Wildman–Crippen LogP) is 1.66. The van der Waals surface area contributed by atoms with Crippen LogP contribution in [0.5, 0.6) is 0 Å². The van der Waals surface area contributed by atoms with E-state index in [9.17, 15) is 8.42 Å². The van der Waals surface area contributed by atoms with Crippen LogP contribution in [-0.2, 0) is 10.0 Å². The first kappa shape index (κ1) is 11.7. The maximum Gasteiger partial charge on any atom is 0.243 e. The van der Waals surface area contributed by atoms with Crippen LogP contribution in [0.15, 0.2) is 23.1 Å². The normalized spacial score (nSPS) is 17.6. The summed E-state index contributed by atoms with van der Waals surface area (Å²) in [5, 5.41) is 7.95. The van der Waals surface area contributed by atoms with Crippen molar-refractivity contribution in [1.29, 1.82) is 0 Å². The summed E-state index contributed by atoms with van der Waals surface area (Å²) in [6.07, 6.45) is 1.89. The van der Waals surface area contributed by atoms with Crippen molar-refractivity contribution >= 4 is 20.9 Å². The average Bonchev–Trinajstić information content (AvgIpc) is 2.99. The van der Waals surface area contributed by atoms with Crippen molar-refractivity contribution in [3.05, 3.63) is 23.9 Å². The van der Waals surface area contributed by atoms with Gasteiger partial charge in [0.1, 0.15) is 0 Å². The summed E-state index contributed by atoms with van der Waals surface area (Å²) in [7, 11) is -3.34. The SMILES string of the molecule is Cc1[nH]nc2cc(S(=O)(=O)N3CCCC3)ccc12. The first-order chi connectivity index (χ1) is 8.59. The van der Waals surface area contributed by atoms with Gasteiger partial charge in [0.05, 0.1) is 10.4 Å². The van der Waals surface area contributed by atoms with E-state index in [1.54, 1.807) is 16.4 Å². The highest BCUT2D eigenvalue weighted by molar-refractivity contribution is 7.89. The molecular weight excluding hydrogens is 250 g/mol. The molecular formula is C12H15N3O2S. The van der Waals surface area contributed by atoms with E-state index in [0.29, 0.717) is 23.5 Å². The summed E-state index contributed by atoms with van der Waals surface area (Å²) in [4.78, 5) is 0.336. The molecule has 1 aliphatic heterocycles. The van der Waals surface area contributed by atoms with E-state index in [0.717, 1.165) is 23.9 Å². The highest BCUT2D eigenvalue weighted by Crippen LogP contribution is 2.24. The molecule has 0 bridgehead atoms. The third-order valence-electron chi connectivity index (χ3n) is 3.42. The van der Waals surface area contributed by atoms with Gasteiger partial charge in [-0.15, -0.1) is 0 Å². The molecule has 18 heavy (non-hydrogen) atoms. The number of aromatic nitrogens is 2. The quantitative estimate of drug-likeness (QED) is 0.898. The Labute approximate surface area is 106 Å². The van der Waals surface area contributed by atoms with Crippen molar-refractivity contribution in [2.24, 2.45) is 0 Å². The number of hydrogen-bond donors (Lipinski definition) is 1. The van der Waals surface area contributed by atoms with E-state index in [-0.39, 0.29) is 0 Å². The molecule has 1 saturated heterocycles. The number of fused-ring (bicyclic) bond motifs is 1. The van der Waals surface area contributed by atoms with Crippen molar-refractivity contribution in [3.63, 3.8) is 0 Å². The second-order valence-corrected chi connectivity index (χ2v) is 6.58. The lowest BCUT2D eigenvalue weighted by Crippen LogP contribution is -2.27. The van der Waals surface area contributed by atoms with Crippen LogP contribution < -0.4 is 0 Å². The first-order valence-corrected chi connectivity index (χ1v) is 7.48. The van der Waals surface area contributed by atoms with E-state index < -0.39 is 10.0 Å². The third-order valence-corrected chi connectivity index (χ3v) is 5.31. The van der Waals surface area contributed by atoms with Gasteiger partial charge in [0.2, 0.25) is 10.0 Å². The summed E-state index contributed by atoms with van der Waals surface area (Å²) in [6.45, 7) is 3.17. The molecule has 1 aromatic carbocycles. The van der Waals surface area contributed by atoms with Gasteiger partial charge in [-0.25, -0.2) is 8.42 Å². The number of H-pyrrole nitrogens is 1. The monoisotopic (exact) mass is 265 g/mol. The molecule has 0 saturated carbocycles. The fourth-order valence-corrected chi connectivity index (χ4v) is 3.90. The Balaban J connectivity index is 2.08. The number of aryl methyl sites for hydroxylation is 1. The van der Waals surface area contributed by atoms with Gasteiger partial charge in [-0.05, 0) is 38.0 Å². The van der Waals surface area contributed by atoms with Crippen molar-refractivity contribution in [1.82, 2.24) is 14.5 Å². The zero-order valence-corrected chi connectivity index (χ0v) is 11.0. The zero-order valence-electron chi connectivity index (χ0n) is 10.2. The summed E-state index contributed by atoms with van der Waals surface area (Å²) in [5.74, 6) is 0. The van der Waals surface area contributed by atoms with Crippen LogP contribution in [0.25, 0.3) is 10.9 Å². The number of rotatable bonds is 2. The number of benzene rings is 1. The Hall–Kier alpha value is -1.40. The van der Waals surface area contributed by atoms with Crippen LogP contribution in [0.2, 0.25) is 0 Å². The van der Waals surface area contributed by atoms with Gasteiger partial charge in [-0.1, -0.05) is 0 Å². The summed E-state index contributed by atoms with van der Waals surface area (Å²) < 4.78 is 26.3. The lowest BCUT2D eigenvalue weighted by atomic mass is 10.2. The van der Waals surface area contributed by atoms with Gasteiger partial charge in [-0.3, -0.25) is 5.10 Å². The van der Waals surface area contributed by atoms with Gasteiger partial charge in [0, 0.05) is 24.2 Å². The molecule has 0 atom stereocenters. The highest BCUT2D eigenvalue weighted by Gasteiger charge is 2.27. The molecule has 0 amide bonds. The first-order valence-electron chi connectivity index (χ1n) is 6.04. The maximum atomic E-state index is 12.4. The largest absolute Gasteiger partial charge is 0.282 e. The van der Waals surface area contributed by atoms with Gasteiger partial charge >= 0.3 is 0 Å². The lowest BCUT2D eigenvalue weighted by molar-refractivity contribution is 0.477. The van der Waals surface area contributed by atoms with E-state index in [2.05, 4.69) is 10.2 Å². The Morgan fingerprint density at radius 2 is 2.00 bits per heavy atom. The van der Waals surface area contributed by atoms with Crippen molar-refractivity contribution in [2.45, 2.75) is 24.7 Å². The zero-order chi connectivity index (χ0) is 12.8. The molecule has 0 radical (unpaired) electrons. The van der Waals surface area contributed by atoms with E-state index in [4.69, 9.17) is 0 Å². The third kappa shape index (κ3) is 1.72. The lowest BCUT2D eigenvalue weighted by Gasteiger charge is -2.15. The second kappa shape index (κ2) is 4.07. The summed E-state index contributed by atoms with van der Waals surface area (Å²) in [6, 6.07) is 5.13. The molecule has 96 valence electrons. The fraction of sp³-hybridized carbons (Fsp3) is 0.417. The molecule has 0 spiro atoms. The Morgan fingerprint density at radius 1 is 1.28 bits per heavy atom. The number of hydrogen-bond acceptors (Lipinski definition) is 3. The van der Waals surface area contributed by atoms with Crippen molar-refractivity contribution < 1.29 is 8.42 Å². The molecule has 1 aromatic heterocycles. The van der Waals surface area contributed by atoms with E-state index in [1.807, 2.05) is 13.0 Å². The number of aromatic amines is 1. The van der Waals surface area contributed by atoms with Gasteiger partial charge in [-0.2, -0.15) is 9.40 Å². The molecule has 5 nitrogen and oxygen atoms in total. The minimum Gasteiger partial charge on any atom is -0.282 e. The molecule has 3 rings (SSSR count). The van der Waals surface area contributed by atoms with Crippen LogP contribution in [0.4, 0.5) is 0 Å². The molecule has 2 aromatic rings. The van der Waals surface area contributed by atoms with Crippen molar-refractivity contribution in [2.75, 3.05) is 13.1 Å². The van der Waals surface area contributed by atoms with Crippen LogP contribution >= 0.6 is 0 Å². The van der Waals surface area contributed by atoms with Crippen molar-refractivity contribution in [3.8, 4) is 0 Å². The molecule has 0 aliphatic carbocycles. The number of nitrogens with zero attached hydrogens (tertiary/aromatic N) is 2. The van der Waals surface area contributed by atoms with Gasteiger partial charge in [0.15, 0.2) is 0 Å². The van der Waals surface area contributed by atoms with Crippen LogP contribution in [0, 0.1) is 6.92 Å². The molecule has 2 heterocycles. The predicted molar refractivity (Wildman–Crippen MR) is 68.8 cm³/mol. The average molecular weight is 265 g/mol. The smallest absolute Gasteiger partial charge is 0.243 e. The highest BCUT2D eigenvalue weighted by atomic mass is 32.2. The van der Waals surface area contributed by atoms with Crippen LogP contribution in [0.1, 0.15) is 18.5 Å². The van der Waals surface area contributed by atoms with Gasteiger partial charge < -0.3 is 0 Å². The van der Waals surface area contributed by atoms with Crippen LogP contribution in [0.3, 0.4) is 0 Å². The number of nitrogens with one attached hydrogen (secondary N) is 1. The fourth-order valence-electron chi connectivity index (χ4n) is 2.36. The summed E-state index contributed by atoms with van der Waals surface area (Å²) in [5.41, 5.74) is 1.66. The summed E-state index contributed by atoms with van der Waals surface area (Å²) >= 11 is 0. The number of sulfonamides is 1. The standard InChI is InChI=1S/C12H15N3O2S/c1-9-11-5-4-10(8-12(11)14-13-9)18(16,17)15-6-2-3-7-15/h4-5,8H,2-3,6-7H2,1H3,(H,13,14). The van der Waals surface area contributed by atoms with Gasteiger partial charge in [0.25, 0.3) is 0 Å². The minimum atomic E-state index is -3.34. The second-order valence-electron chi connectivity index (χ2n) is 4.64. The molecule has 0 unspecified atom stereocenters. The maximum absolute atomic E-state index is 12.4. The Kier molecular flexibility index (Phi) is 2.64. The molecule has 1 fully saturated rings. The van der Waals surface area contributed by atoms with E-state index in [1.165, 1.54) is 0 Å². The van der Waals surface area contributed by atoms with E-state index >= 15 is 0 Å². The van der Waals surface area contributed by atoms with Crippen LogP contribution in [-0.4, -0.2) is 36.0 Å². The minimum absolute atomic E-state index is 0.336. The molecule has 1 aliphatic rings. The Morgan fingerprint density at radius 3 is 2.72 bits per heavy atom. The topological polar surface area (TPSA) is 66.1 Å². The Bertz CT molecular complexity index is 684.